The van der Waals surface area contributed by atoms with Crippen LogP contribution in [0.25, 0.3) is 0 Å². The lowest BCUT2D eigenvalue weighted by Crippen LogP contribution is -3.00. The lowest BCUT2D eigenvalue weighted by molar-refractivity contribution is -0.979. The molecule has 0 amide bonds. The van der Waals surface area contributed by atoms with Crippen molar-refractivity contribution in [2.45, 2.75) is 52.5 Å². The van der Waals surface area contributed by atoms with E-state index >= 15 is 0 Å². The van der Waals surface area contributed by atoms with Gasteiger partial charge in [0.2, 0.25) is 0 Å². The Morgan fingerprint density at radius 1 is 0.905 bits per heavy atom. The van der Waals surface area contributed by atoms with Crippen LogP contribution in [-0.4, -0.2) is 30.7 Å². The summed E-state index contributed by atoms with van der Waals surface area (Å²) >= 11 is 0. The van der Waals surface area contributed by atoms with E-state index in [4.69, 9.17) is 0 Å². The topological polar surface area (TPSA) is 0 Å². The molecule has 0 aliphatic carbocycles. The van der Waals surface area contributed by atoms with Crippen LogP contribution in [-0.2, 0) is 6.42 Å². The van der Waals surface area contributed by atoms with E-state index < -0.39 is 6.55 Å². The fourth-order valence-electron chi connectivity index (χ4n) is 2.57. The van der Waals surface area contributed by atoms with Crippen molar-refractivity contribution in [1.29, 1.82) is 0 Å². The van der Waals surface area contributed by atoms with Gasteiger partial charge in [0.1, 0.15) is 0 Å². The summed E-state index contributed by atoms with van der Waals surface area (Å²) in [7, 11) is 0. The molecule has 0 bridgehead atoms. The summed E-state index contributed by atoms with van der Waals surface area (Å²) < 4.78 is 27.3. The summed E-state index contributed by atoms with van der Waals surface area (Å²) in [6.07, 6.45) is 4.44. The average molecular weight is 320 g/mol. The maximum atomic E-state index is 13.7. The molecule has 0 aromatic heterocycles. The molecule has 0 heterocycles. The molecule has 21 heavy (non-hydrogen) atoms. The molecular formula is C17H28ClF2N. The van der Waals surface area contributed by atoms with Crippen molar-refractivity contribution in [2.75, 3.05) is 19.6 Å². The third kappa shape index (κ3) is 6.75. The molecule has 1 rings (SSSR count). The molecule has 1 nitrogen and oxygen atoms in total. The maximum absolute atomic E-state index is 13.7. The van der Waals surface area contributed by atoms with Crippen LogP contribution in [0, 0.1) is 0 Å². The number of nitrogens with zero attached hydrogens (tertiary/aromatic N) is 1. The fraction of sp³-hybridized carbons (Fsp3) is 0.647. The molecule has 0 saturated heterocycles. The Morgan fingerprint density at radius 3 is 1.86 bits per heavy atom. The molecule has 0 fully saturated rings. The number of benzene rings is 1. The van der Waals surface area contributed by atoms with Gasteiger partial charge in [-0.25, -0.2) is 0 Å². The van der Waals surface area contributed by atoms with E-state index in [1.807, 2.05) is 30.3 Å². The molecule has 0 radical (unpaired) electrons. The molecule has 1 aromatic carbocycles. The molecule has 0 aliphatic rings. The van der Waals surface area contributed by atoms with Gasteiger partial charge < -0.3 is 12.4 Å². The summed E-state index contributed by atoms with van der Waals surface area (Å²) in [5, 5.41) is 0. The number of alkyl halides is 2. The predicted molar refractivity (Wildman–Crippen MR) is 80.8 cm³/mol. The molecular weight excluding hydrogens is 292 g/mol. The van der Waals surface area contributed by atoms with Crippen LogP contribution in [0.4, 0.5) is 8.78 Å². The number of unbranched alkanes of at least 4 members (excludes halogenated alkanes) is 2. The van der Waals surface area contributed by atoms with Gasteiger partial charge in [-0.1, -0.05) is 57.0 Å². The summed E-state index contributed by atoms with van der Waals surface area (Å²) in [6.45, 7) is 3.61. The van der Waals surface area contributed by atoms with Gasteiger partial charge in [-0.3, -0.25) is 4.48 Å². The third-order valence-corrected chi connectivity index (χ3v) is 4.02. The van der Waals surface area contributed by atoms with Crippen LogP contribution in [0.5, 0.6) is 0 Å². The fourth-order valence-corrected chi connectivity index (χ4v) is 2.57. The van der Waals surface area contributed by atoms with E-state index in [-0.39, 0.29) is 16.9 Å². The number of hydrogen-bond acceptors (Lipinski definition) is 0. The second-order valence-electron chi connectivity index (χ2n) is 5.61. The van der Waals surface area contributed by atoms with Crippen LogP contribution in [0.3, 0.4) is 0 Å². The second-order valence-corrected chi connectivity index (χ2v) is 5.61. The van der Waals surface area contributed by atoms with Crippen molar-refractivity contribution in [2.24, 2.45) is 0 Å². The normalized spacial score (nSPS) is 11.5. The van der Waals surface area contributed by atoms with E-state index in [0.717, 1.165) is 37.7 Å². The Bertz CT molecular complexity index is 349. The summed E-state index contributed by atoms with van der Waals surface area (Å²) in [5.74, 6) is 0. The first-order valence-corrected chi connectivity index (χ1v) is 7.82. The summed E-state index contributed by atoms with van der Waals surface area (Å²) in [5.41, 5.74) is 1.16. The largest absolute Gasteiger partial charge is 1.00 e. The molecule has 4 heteroatoms. The van der Waals surface area contributed by atoms with Gasteiger partial charge in [0.25, 0.3) is 0 Å². The highest BCUT2D eigenvalue weighted by Crippen LogP contribution is 2.21. The Balaban J connectivity index is 0.00000400. The summed E-state index contributed by atoms with van der Waals surface area (Å²) in [6, 6.07) is 9.97. The smallest absolute Gasteiger partial charge is 0.380 e. The Labute approximate surface area is 134 Å². The standard InChI is InChI=1S/C17H28F2N.ClH/c1-3-5-13-20(17(18)19,14-6-4-2)15-12-16-10-8-7-9-11-16;/h7-11,17H,3-6,12-15H2,1-2H3;1H/q+1;/p-1. The zero-order valence-corrected chi connectivity index (χ0v) is 14.0. The van der Waals surface area contributed by atoms with E-state index in [0.29, 0.717) is 19.6 Å². The van der Waals surface area contributed by atoms with E-state index in [1.165, 1.54) is 0 Å². The zero-order valence-electron chi connectivity index (χ0n) is 13.2. The van der Waals surface area contributed by atoms with Gasteiger partial charge in [-0.05, 0) is 18.4 Å². The molecule has 0 N–H and O–H groups in total. The van der Waals surface area contributed by atoms with Gasteiger partial charge in [0.05, 0.1) is 19.6 Å². The number of hydrogen-bond donors (Lipinski definition) is 0. The minimum Gasteiger partial charge on any atom is -1.00 e. The Hall–Kier alpha value is -0.670. The number of rotatable bonds is 10. The molecule has 0 saturated carbocycles. The van der Waals surface area contributed by atoms with Crippen LogP contribution in [0.15, 0.2) is 30.3 Å². The monoisotopic (exact) mass is 319 g/mol. The van der Waals surface area contributed by atoms with Gasteiger partial charge in [0.15, 0.2) is 0 Å². The van der Waals surface area contributed by atoms with Gasteiger partial charge in [-0.15, -0.1) is 0 Å². The molecule has 0 unspecified atom stereocenters. The average Bonchev–Trinajstić information content (AvgIpc) is 2.47. The van der Waals surface area contributed by atoms with Crippen LogP contribution < -0.4 is 12.4 Å². The SMILES string of the molecule is CCCC[N+](CCCC)(CCc1ccccc1)C(F)F.[Cl-]. The first-order chi connectivity index (χ1) is 9.64. The highest BCUT2D eigenvalue weighted by Gasteiger charge is 2.35. The number of quaternary nitrogens is 1. The highest BCUT2D eigenvalue weighted by atomic mass is 35.5. The quantitative estimate of drug-likeness (QED) is 0.456. The van der Waals surface area contributed by atoms with Crippen molar-refractivity contribution in [3.8, 4) is 0 Å². The van der Waals surface area contributed by atoms with Crippen LogP contribution in [0.2, 0.25) is 0 Å². The molecule has 122 valence electrons. The van der Waals surface area contributed by atoms with Crippen molar-refractivity contribution in [1.82, 2.24) is 0 Å². The van der Waals surface area contributed by atoms with Crippen LogP contribution >= 0.6 is 0 Å². The van der Waals surface area contributed by atoms with Gasteiger partial charge in [0, 0.05) is 6.42 Å². The predicted octanol–water partition coefficient (Wildman–Crippen LogP) is 1.87. The van der Waals surface area contributed by atoms with E-state index in [9.17, 15) is 8.78 Å². The van der Waals surface area contributed by atoms with E-state index in [2.05, 4.69) is 13.8 Å². The molecule has 0 spiro atoms. The summed E-state index contributed by atoms with van der Waals surface area (Å²) in [4.78, 5) is 0. The van der Waals surface area contributed by atoms with Crippen LogP contribution in [0.1, 0.15) is 45.1 Å². The second kappa shape index (κ2) is 11.0. The molecule has 0 atom stereocenters. The Morgan fingerprint density at radius 2 is 1.43 bits per heavy atom. The minimum absolute atomic E-state index is 0. The molecule has 1 aromatic rings. The first-order valence-electron chi connectivity index (χ1n) is 7.82. The van der Waals surface area contributed by atoms with Crippen molar-refractivity contribution in [3.05, 3.63) is 35.9 Å². The number of halogens is 3. The lowest BCUT2D eigenvalue weighted by atomic mass is 10.1. The Kier molecular flexibility index (Phi) is 10.6. The first kappa shape index (κ1) is 20.3. The zero-order chi connectivity index (χ0) is 14.8. The van der Waals surface area contributed by atoms with Crippen molar-refractivity contribution >= 4 is 0 Å². The van der Waals surface area contributed by atoms with Crippen molar-refractivity contribution < 1.29 is 25.7 Å². The molecule has 0 aliphatic heterocycles. The maximum Gasteiger partial charge on any atom is 0.380 e. The third-order valence-electron chi connectivity index (χ3n) is 4.02. The van der Waals surface area contributed by atoms with E-state index in [1.54, 1.807) is 0 Å². The highest BCUT2D eigenvalue weighted by molar-refractivity contribution is 5.14. The van der Waals surface area contributed by atoms with Crippen molar-refractivity contribution in [3.63, 3.8) is 0 Å². The van der Waals surface area contributed by atoms with Gasteiger partial charge >= 0.3 is 6.55 Å². The van der Waals surface area contributed by atoms with Gasteiger partial charge in [-0.2, -0.15) is 8.78 Å². The lowest BCUT2D eigenvalue weighted by Gasteiger charge is -2.37. The minimum atomic E-state index is -2.27.